The van der Waals surface area contributed by atoms with Gasteiger partial charge in [-0.3, -0.25) is 0 Å². The van der Waals surface area contributed by atoms with Crippen molar-refractivity contribution in [3.63, 3.8) is 0 Å². The molecule has 3 nitrogen and oxygen atoms in total. The lowest BCUT2D eigenvalue weighted by Crippen LogP contribution is -2.56. The molecule has 0 atom stereocenters. The summed E-state index contributed by atoms with van der Waals surface area (Å²) in [4.78, 5) is 11.8. The van der Waals surface area contributed by atoms with Gasteiger partial charge in [-0.25, -0.2) is 4.79 Å². The van der Waals surface area contributed by atoms with E-state index in [0.717, 1.165) is 12.8 Å². The first-order chi connectivity index (χ1) is 10.2. The van der Waals surface area contributed by atoms with Crippen LogP contribution in [0.1, 0.15) is 63.5 Å². The number of amides is 1. The van der Waals surface area contributed by atoms with E-state index in [0.29, 0.717) is 17.4 Å². The number of carbonyl (C=O) groups is 1. The molecule has 120 valence electrons. The van der Waals surface area contributed by atoms with Crippen molar-refractivity contribution in [1.29, 1.82) is 0 Å². The predicted octanol–water partition coefficient (Wildman–Crippen LogP) is 4.55. The van der Waals surface area contributed by atoms with Gasteiger partial charge in [-0.05, 0) is 70.3 Å². The smallest absolute Gasteiger partial charge is 0.407 e. The molecule has 2 fully saturated rings. The minimum Gasteiger partial charge on any atom is -0.444 e. The maximum atomic E-state index is 11.8. The molecular weight excluding hydrogens is 274 g/mol. The van der Waals surface area contributed by atoms with Crippen molar-refractivity contribution < 1.29 is 9.53 Å². The van der Waals surface area contributed by atoms with Crippen LogP contribution in [-0.4, -0.2) is 17.7 Å². The Hall–Kier alpha value is -1.51. The average molecular weight is 301 g/mol. The highest BCUT2D eigenvalue weighted by molar-refractivity contribution is 5.68. The van der Waals surface area contributed by atoms with Crippen LogP contribution in [-0.2, 0) is 4.74 Å². The van der Waals surface area contributed by atoms with Gasteiger partial charge in [-0.15, -0.1) is 0 Å². The van der Waals surface area contributed by atoms with E-state index in [9.17, 15) is 4.79 Å². The summed E-state index contributed by atoms with van der Waals surface area (Å²) >= 11 is 0. The Bertz CT molecular complexity index is 542. The van der Waals surface area contributed by atoms with Crippen molar-refractivity contribution in [2.75, 3.05) is 0 Å². The Balaban J connectivity index is 1.43. The second kappa shape index (κ2) is 5.29. The van der Waals surface area contributed by atoms with Gasteiger partial charge >= 0.3 is 6.09 Å². The zero-order valence-corrected chi connectivity index (χ0v) is 14.1. The molecule has 0 saturated heterocycles. The number of alkyl carbamates (subject to hydrolysis) is 1. The highest BCUT2D eigenvalue weighted by atomic mass is 16.6. The zero-order chi connectivity index (χ0) is 16.0. The first-order valence-electron chi connectivity index (χ1n) is 8.31. The van der Waals surface area contributed by atoms with E-state index in [1.807, 2.05) is 20.8 Å². The molecule has 0 unspecified atom stereocenters. The van der Waals surface area contributed by atoms with Crippen LogP contribution < -0.4 is 5.32 Å². The van der Waals surface area contributed by atoms with E-state index in [-0.39, 0.29) is 6.09 Å². The van der Waals surface area contributed by atoms with Crippen molar-refractivity contribution in [2.45, 2.75) is 70.9 Å². The van der Waals surface area contributed by atoms with Gasteiger partial charge in [0.2, 0.25) is 0 Å². The van der Waals surface area contributed by atoms with Crippen LogP contribution >= 0.6 is 0 Å². The van der Waals surface area contributed by atoms with Gasteiger partial charge in [-0.1, -0.05) is 29.8 Å². The predicted molar refractivity (Wildman–Crippen MR) is 88.0 cm³/mol. The number of nitrogens with one attached hydrogen (secondary N) is 1. The molecule has 2 aliphatic carbocycles. The van der Waals surface area contributed by atoms with Crippen molar-refractivity contribution in [1.82, 2.24) is 5.32 Å². The average Bonchev–Trinajstić information content (AvgIpc) is 2.29. The maximum absolute atomic E-state index is 11.8. The summed E-state index contributed by atoms with van der Waals surface area (Å²) in [7, 11) is 0. The van der Waals surface area contributed by atoms with Gasteiger partial charge < -0.3 is 10.1 Å². The quantitative estimate of drug-likeness (QED) is 0.870. The minimum absolute atomic E-state index is 0.276. The Labute approximate surface area is 133 Å². The summed E-state index contributed by atoms with van der Waals surface area (Å²) in [5.74, 6) is 0.711. The van der Waals surface area contributed by atoms with Crippen molar-refractivity contribution >= 4 is 6.09 Å². The van der Waals surface area contributed by atoms with Gasteiger partial charge in [0.15, 0.2) is 0 Å². The van der Waals surface area contributed by atoms with Crippen molar-refractivity contribution in [3.05, 3.63) is 35.4 Å². The van der Waals surface area contributed by atoms with Crippen LogP contribution in [0.2, 0.25) is 0 Å². The van der Waals surface area contributed by atoms with Crippen LogP contribution in [0.15, 0.2) is 24.3 Å². The van der Waals surface area contributed by atoms with Crippen molar-refractivity contribution in [2.24, 2.45) is 5.41 Å². The summed E-state index contributed by atoms with van der Waals surface area (Å²) < 4.78 is 5.32. The molecule has 2 aliphatic rings. The summed E-state index contributed by atoms with van der Waals surface area (Å²) in [5, 5.41) is 3.00. The standard InChI is InChI=1S/C19H27NO2/c1-13-5-7-14(8-6-13)15-9-19(10-15)11-16(12-19)20-17(21)22-18(2,3)4/h5-8,15-16H,9-12H2,1-4H3,(H,20,21). The second-order valence-electron chi connectivity index (χ2n) is 8.27. The highest BCUT2D eigenvalue weighted by Gasteiger charge is 2.53. The van der Waals surface area contributed by atoms with Gasteiger partial charge in [0, 0.05) is 6.04 Å². The largest absolute Gasteiger partial charge is 0.444 e. The molecule has 1 aromatic carbocycles. The number of hydrogen-bond acceptors (Lipinski definition) is 2. The van der Waals surface area contributed by atoms with Gasteiger partial charge in [0.25, 0.3) is 0 Å². The molecule has 1 N–H and O–H groups in total. The maximum Gasteiger partial charge on any atom is 0.407 e. The fourth-order valence-electron chi connectivity index (χ4n) is 3.96. The Kier molecular flexibility index (Phi) is 3.70. The van der Waals surface area contributed by atoms with E-state index in [1.54, 1.807) is 0 Å². The van der Waals surface area contributed by atoms with Crippen molar-refractivity contribution in [3.8, 4) is 0 Å². The number of ether oxygens (including phenoxy) is 1. The molecule has 0 aromatic heterocycles. The Morgan fingerprint density at radius 1 is 1.14 bits per heavy atom. The van der Waals surface area contributed by atoms with E-state index < -0.39 is 5.60 Å². The number of carbonyl (C=O) groups excluding carboxylic acids is 1. The third-order valence-corrected chi connectivity index (χ3v) is 4.99. The Morgan fingerprint density at radius 2 is 1.73 bits per heavy atom. The number of aryl methyl sites for hydroxylation is 1. The van der Waals surface area contributed by atoms with E-state index >= 15 is 0 Å². The molecule has 22 heavy (non-hydrogen) atoms. The molecule has 2 saturated carbocycles. The van der Waals surface area contributed by atoms with E-state index in [4.69, 9.17) is 4.74 Å². The van der Waals surface area contributed by atoms with E-state index in [2.05, 4.69) is 36.5 Å². The van der Waals surface area contributed by atoms with E-state index in [1.165, 1.54) is 24.0 Å². The lowest BCUT2D eigenvalue weighted by molar-refractivity contribution is -0.0253. The molecule has 1 aromatic rings. The summed E-state index contributed by atoms with van der Waals surface area (Å²) in [5.41, 5.74) is 2.86. The van der Waals surface area contributed by atoms with Crippen LogP contribution in [0, 0.1) is 12.3 Å². The van der Waals surface area contributed by atoms with Gasteiger partial charge in [0.05, 0.1) is 0 Å². The monoisotopic (exact) mass is 301 g/mol. The third-order valence-electron chi connectivity index (χ3n) is 4.99. The van der Waals surface area contributed by atoms with Gasteiger partial charge in [-0.2, -0.15) is 0 Å². The molecule has 0 bridgehead atoms. The molecule has 1 spiro atoms. The number of benzene rings is 1. The molecule has 0 radical (unpaired) electrons. The lowest BCUT2D eigenvalue weighted by atomic mass is 9.49. The topological polar surface area (TPSA) is 38.3 Å². The minimum atomic E-state index is -0.418. The lowest BCUT2D eigenvalue weighted by Gasteiger charge is -2.58. The highest BCUT2D eigenvalue weighted by Crippen LogP contribution is 2.61. The normalized spacial score (nSPS) is 30.4. The SMILES string of the molecule is Cc1ccc(C2CC3(CC(NC(=O)OC(C)(C)C)C3)C2)cc1. The molecular formula is C19H27NO2. The molecule has 0 aliphatic heterocycles. The number of rotatable bonds is 2. The summed E-state index contributed by atoms with van der Waals surface area (Å²) in [6.45, 7) is 7.82. The molecule has 3 heteroatoms. The Morgan fingerprint density at radius 3 is 2.27 bits per heavy atom. The molecule has 3 rings (SSSR count). The first-order valence-corrected chi connectivity index (χ1v) is 8.31. The second-order valence-corrected chi connectivity index (χ2v) is 8.27. The van der Waals surface area contributed by atoms with Crippen LogP contribution in [0.4, 0.5) is 4.79 Å². The van der Waals surface area contributed by atoms with Crippen LogP contribution in [0.3, 0.4) is 0 Å². The van der Waals surface area contributed by atoms with Crippen LogP contribution in [0.5, 0.6) is 0 Å². The molecule has 0 heterocycles. The summed E-state index contributed by atoms with van der Waals surface area (Å²) in [6.07, 6.45) is 4.47. The van der Waals surface area contributed by atoms with Crippen LogP contribution in [0.25, 0.3) is 0 Å². The molecule has 1 amide bonds. The zero-order valence-electron chi connectivity index (χ0n) is 14.1. The van der Waals surface area contributed by atoms with Gasteiger partial charge in [0.1, 0.15) is 5.60 Å². The summed E-state index contributed by atoms with van der Waals surface area (Å²) in [6, 6.07) is 9.24. The fourth-order valence-corrected chi connectivity index (χ4v) is 3.96. The third kappa shape index (κ3) is 3.29. The fraction of sp³-hybridized carbons (Fsp3) is 0.632. The first kappa shape index (κ1) is 15.4. The number of hydrogen-bond donors (Lipinski definition) is 1.